The third-order valence-corrected chi connectivity index (χ3v) is 2.00. The molecule has 0 aliphatic carbocycles. The fourth-order valence-electron chi connectivity index (χ4n) is 1.29. The average Bonchev–Trinajstić information content (AvgIpc) is 2.76. The molecule has 0 aliphatic heterocycles. The van der Waals surface area contributed by atoms with E-state index in [9.17, 15) is 10.1 Å². The first-order valence-electron chi connectivity index (χ1n) is 4.68. The van der Waals surface area contributed by atoms with E-state index in [1.165, 1.54) is 6.08 Å². The van der Waals surface area contributed by atoms with Gasteiger partial charge in [0.05, 0.1) is 16.3 Å². The van der Waals surface area contributed by atoms with Crippen molar-refractivity contribution in [2.75, 3.05) is 0 Å². The quantitative estimate of drug-likeness (QED) is 0.582. The highest BCUT2D eigenvalue weighted by atomic mass is 16.6. The van der Waals surface area contributed by atoms with Crippen LogP contribution in [0.25, 0.3) is 11.8 Å². The molecule has 0 atom stereocenters. The van der Waals surface area contributed by atoms with E-state index in [2.05, 4.69) is 5.10 Å². The molecule has 0 saturated carbocycles. The van der Waals surface area contributed by atoms with Gasteiger partial charge >= 0.3 is 0 Å². The highest BCUT2D eigenvalue weighted by Crippen LogP contribution is 2.07. The summed E-state index contributed by atoms with van der Waals surface area (Å²) in [5, 5.41) is 14.3. The summed E-state index contributed by atoms with van der Waals surface area (Å²) in [7, 11) is 0. The van der Waals surface area contributed by atoms with E-state index < -0.39 is 4.92 Å². The van der Waals surface area contributed by atoms with Crippen molar-refractivity contribution < 1.29 is 4.92 Å². The minimum atomic E-state index is -0.512. The average molecular weight is 215 g/mol. The molecule has 0 amide bonds. The number of nitro groups is 1. The first-order valence-corrected chi connectivity index (χ1v) is 4.68. The number of para-hydroxylation sites is 1. The molecule has 2 aromatic rings. The number of rotatable bonds is 3. The van der Waals surface area contributed by atoms with Crippen molar-refractivity contribution in [3.8, 4) is 5.69 Å². The lowest BCUT2D eigenvalue weighted by atomic mass is 10.3. The van der Waals surface area contributed by atoms with E-state index in [1.807, 2.05) is 30.3 Å². The van der Waals surface area contributed by atoms with Gasteiger partial charge in [-0.1, -0.05) is 18.2 Å². The normalized spacial score (nSPS) is 10.8. The summed E-state index contributed by atoms with van der Waals surface area (Å²) >= 11 is 0. The van der Waals surface area contributed by atoms with Crippen LogP contribution in [0.3, 0.4) is 0 Å². The van der Waals surface area contributed by atoms with E-state index in [0.29, 0.717) is 5.69 Å². The van der Waals surface area contributed by atoms with E-state index in [4.69, 9.17) is 0 Å². The van der Waals surface area contributed by atoms with Crippen LogP contribution in [0.1, 0.15) is 5.69 Å². The summed E-state index contributed by atoms with van der Waals surface area (Å²) in [5.41, 5.74) is 1.48. The van der Waals surface area contributed by atoms with Gasteiger partial charge in [0.15, 0.2) is 0 Å². The van der Waals surface area contributed by atoms with Gasteiger partial charge in [-0.05, 0) is 18.2 Å². The van der Waals surface area contributed by atoms with Gasteiger partial charge in [0.2, 0.25) is 6.20 Å². The van der Waals surface area contributed by atoms with Crippen molar-refractivity contribution in [3.05, 3.63) is 64.6 Å². The fourth-order valence-corrected chi connectivity index (χ4v) is 1.29. The molecule has 0 N–H and O–H groups in total. The van der Waals surface area contributed by atoms with E-state index in [1.54, 1.807) is 16.9 Å². The van der Waals surface area contributed by atoms with Crippen LogP contribution in [0.5, 0.6) is 0 Å². The van der Waals surface area contributed by atoms with Crippen LogP contribution in [0, 0.1) is 10.1 Å². The van der Waals surface area contributed by atoms with Crippen molar-refractivity contribution in [1.82, 2.24) is 9.78 Å². The molecule has 0 aliphatic rings. The lowest BCUT2D eigenvalue weighted by molar-refractivity contribution is -0.401. The molecule has 2 rings (SSSR count). The zero-order valence-electron chi connectivity index (χ0n) is 8.35. The molecule has 80 valence electrons. The summed E-state index contributed by atoms with van der Waals surface area (Å²) in [6.45, 7) is 0. The second-order valence-electron chi connectivity index (χ2n) is 3.12. The molecule has 0 spiro atoms. The number of benzene rings is 1. The number of nitrogens with zero attached hydrogens (tertiary/aromatic N) is 3. The Balaban J connectivity index is 2.23. The summed E-state index contributed by atoms with van der Waals surface area (Å²) < 4.78 is 1.67. The van der Waals surface area contributed by atoms with Crippen LogP contribution >= 0.6 is 0 Å². The molecule has 0 bridgehead atoms. The number of hydrogen-bond donors (Lipinski definition) is 0. The van der Waals surface area contributed by atoms with E-state index in [0.717, 1.165) is 11.9 Å². The largest absolute Gasteiger partial charge is 0.259 e. The molecule has 0 radical (unpaired) electrons. The lowest BCUT2D eigenvalue weighted by Gasteiger charge is -1.98. The molecule has 0 saturated heterocycles. The number of hydrogen-bond acceptors (Lipinski definition) is 3. The van der Waals surface area contributed by atoms with Crippen LogP contribution < -0.4 is 0 Å². The lowest BCUT2D eigenvalue weighted by Crippen LogP contribution is -1.94. The van der Waals surface area contributed by atoms with Gasteiger partial charge in [-0.15, -0.1) is 0 Å². The Hall–Kier alpha value is -2.43. The summed E-state index contributed by atoms with van der Waals surface area (Å²) in [6.07, 6.45) is 3.99. The monoisotopic (exact) mass is 215 g/mol. The molecular formula is C11H9N3O2. The molecule has 0 fully saturated rings. The molecular weight excluding hydrogens is 206 g/mol. The zero-order valence-corrected chi connectivity index (χ0v) is 8.35. The standard InChI is InChI=1S/C11H9N3O2/c15-14(16)9-7-10-6-8-13(12-10)11-4-2-1-3-5-11/h1-9H/b9-7+. The molecule has 5 nitrogen and oxygen atoms in total. The minimum Gasteiger partial charge on any atom is -0.259 e. The van der Waals surface area contributed by atoms with Crippen molar-refractivity contribution in [2.45, 2.75) is 0 Å². The third kappa shape index (κ3) is 2.33. The van der Waals surface area contributed by atoms with Gasteiger partial charge in [-0.2, -0.15) is 5.10 Å². The van der Waals surface area contributed by atoms with E-state index >= 15 is 0 Å². The summed E-state index contributed by atoms with van der Waals surface area (Å²) in [5.74, 6) is 0. The van der Waals surface area contributed by atoms with Gasteiger partial charge in [-0.25, -0.2) is 4.68 Å². The highest BCUT2D eigenvalue weighted by molar-refractivity contribution is 5.43. The molecule has 1 aromatic carbocycles. The first kappa shape index (κ1) is 10.1. The van der Waals surface area contributed by atoms with Crippen LogP contribution in [0.15, 0.2) is 48.8 Å². The van der Waals surface area contributed by atoms with Gasteiger partial charge < -0.3 is 0 Å². The van der Waals surface area contributed by atoms with Crippen LogP contribution in [-0.2, 0) is 0 Å². The predicted molar refractivity (Wildman–Crippen MR) is 59.6 cm³/mol. The summed E-state index contributed by atoms with van der Waals surface area (Å²) in [4.78, 5) is 9.62. The fraction of sp³-hybridized carbons (Fsp3) is 0. The molecule has 0 unspecified atom stereocenters. The maximum Gasteiger partial charge on any atom is 0.236 e. The maximum absolute atomic E-state index is 10.1. The smallest absolute Gasteiger partial charge is 0.236 e. The Bertz CT molecular complexity index is 517. The molecule has 16 heavy (non-hydrogen) atoms. The topological polar surface area (TPSA) is 61.0 Å². The Kier molecular flexibility index (Phi) is 2.77. The first-order chi connectivity index (χ1) is 7.75. The predicted octanol–water partition coefficient (Wildman–Crippen LogP) is 2.12. The van der Waals surface area contributed by atoms with Gasteiger partial charge in [-0.3, -0.25) is 10.1 Å². The van der Waals surface area contributed by atoms with Crippen LogP contribution in [0.2, 0.25) is 0 Å². The van der Waals surface area contributed by atoms with Crippen molar-refractivity contribution in [3.63, 3.8) is 0 Å². The van der Waals surface area contributed by atoms with Gasteiger partial charge in [0, 0.05) is 12.3 Å². The van der Waals surface area contributed by atoms with Crippen molar-refractivity contribution >= 4 is 6.08 Å². The van der Waals surface area contributed by atoms with Crippen LogP contribution in [-0.4, -0.2) is 14.7 Å². The molecule has 1 aromatic heterocycles. The second kappa shape index (κ2) is 4.39. The zero-order chi connectivity index (χ0) is 11.4. The molecule has 1 heterocycles. The Morgan fingerprint density at radius 2 is 2.00 bits per heavy atom. The van der Waals surface area contributed by atoms with E-state index in [-0.39, 0.29) is 0 Å². The highest BCUT2D eigenvalue weighted by Gasteiger charge is 1.98. The third-order valence-electron chi connectivity index (χ3n) is 2.00. The van der Waals surface area contributed by atoms with Crippen molar-refractivity contribution in [2.24, 2.45) is 0 Å². The van der Waals surface area contributed by atoms with Gasteiger partial charge in [0.25, 0.3) is 0 Å². The van der Waals surface area contributed by atoms with Crippen LogP contribution in [0.4, 0.5) is 0 Å². The Labute approximate surface area is 91.8 Å². The second-order valence-corrected chi connectivity index (χ2v) is 3.12. The number of aromatic nitrogens is 2. The Morgan fingerprint density at radius 1 is 1.25 bits per heavy atom. The maximum atomic E-state index is 10.1. The summed E-state index contributed by atoms with van der Waals surface area (Å²) in [6, 6.07) is 11.3. The van der Waals surface area contributed by atoms with Crippen molar-refractivity contribution in [1.29, 1.82) is 0 Å². The Morgan fingerprint density at radius 3 is 2.69 bits per heavy atom. The minimum absolute atomic E-state index is 0.512. The molecule has 5 heteroatoms. The van der Waals surface area contributed by atoms with Gasteiger partial charge in [0.1, 0.15) is 0 Å². The SMILES string of the molecule is O=[N+]([O-])/C=C/c1ccn(-c2ccccc2)n1.